The van der Waals surface area contributed by atoms with E-state index in [1.165, 1.54) is 21.6 Å². The van der Waals surface area contributed by atoms with Crippen molar-refractivity contribution in [3.63, 3.8) is 0 Å². The standard InChI is InChI=1S/C20H12Cl2N4O2S2/c21-17-15(29-19(27)25(17)13-7-3-1-4-8-13)11-23-24-12-16-18(22)26(20(28)30-16)14-9-5-2-6-10-14/h1-12H. The van der Waals surface area contributed by atoms with E-state index >= 15 is 0 Å². The van der Waals surface area contributed by atoms with E-state index in [0.29, 0.717) is 21.1 Å². The Morgan fingerprint density at radius 3 is 1.40 bits per heavy atom. The summed E-state index contributed by atoms with van der Waals surface area (Å²) in [5.41, 5.74) is 1.34. The van der Waals surface area contributed by atoms with Crippen LogP contribution in [0.4, 0.5) is 0 Å². The van der Waals surface area contributed by atoms with Gasteiger partial charge in [-0.2, -0.15) is 10.2 Å². The van der Waals surface area contributed by atoms with Crippen molar-refractivity contribution in [3.8, 4) is 11.4 Å². The van der Waals surface area contributed by atoms with Crippen molar-refractivity contribution in [2.75, 3.05) is 0 Å². The van der Waals surface area contributed by atoms with Crippen LogP contribution in [0.15, 0.2) is 80.5 Å². The van der Waals surface area contributed by atoms with Crippen LogP contribution in [0.3, 0.4) is 0 Å². The Kier molecular flexibility index (Phi) is 6.10. The lowest BCUT2D eigenvalue weighted by Gasteiger charge is -2.02. The number of nitrogens with zero attached hydrogens (tertiary/aromatic N) is 4. The summed E-state index contributed by atoms with van der Waals surface area (Å²) in [7, 11) is 0. The molecule has 0 aliphatic carbocycles. The Bertz CT molecular complexity index is 1250. The summed E-state index contributed by atoms with van der Waals surface area (Å²) in [6.07, 6.45) is 2.80. The summed E-state index contributed by atoms with van der Waals surface area (Å²) < 4.78 is 2.81. The van der Waals surface area contributed by atoms with Gasteiger partial charge >= 0.3 is 9.75 Å². The molecule has 0 fully saturated rings. The minimum atomic E-state index is -0.224. The van der Waals surface area contributed by atoms with Gasteiger partial charge in [-0.3, -0.25) is 18.7 Å². The van der Waals surface area contributed by atoms with Crippen LogP contribution in [0, 0.1) is 0 Å². The van der Waals surface area contributed by atoms with Crippen LogP contribution in [-0.2, 0) is 0 Å². The molecule has 2 heterocycles. The van der Waals surface area contributed by atoms with E-state index in [2.05, 4.69) is 10.2 Å². The Morgan fingerprint density at radius 2 is 1.03 bits per heavy atom. The quantitative estimate of drug-likeness (QED) is 0.305. The monoisotopic (exact) mass is 474 g/mol. The van der Waals surface area contributed by atoms with Crippen LogP contribution in [0.5, 0.6) is 0 Å². The van der Waals surface area contributed by atoms with Crippen LogP contribution >= 0.6 is 45.9 Å². The van der Waals surface area contributed by atoms with E-state index in [0.717, 1.165) is 22.7 Å². The molecule has 2 aromatic carbocycles. The molecule has 0 atom stereocenters. The number of hydrogen-bond acceptors (Lipinski definition) is 6. The van der Waals surface area contributed by atoms with Crippen molar-refractivity contribution >= 4 is 58.3 Å². The fourth-order valence-corrected chi connectivity index (χ4v) is 4.95. The maximum Gasteiger partial charge on any atom is 0.313 e. The molecule has 10 heteroatoms. The van der Waals surface area contributed by atoms with Crippen LogP contribution in [0.25, 0.3) is 11.4 Å². The third-order valence-electron chi connectivity index (χ3n) is 4.00. The van der Waals surface area contributed by atoms with Gasteiger partial charge in [0, 0.05) is 0 Å². The molecule has 0 bridgehead atoms. The normalized spacial score (nSPS) is 11.7. The molecule has 30 heavy (non-hydrogen) atoms. The van der Waals surface area contributed by atoms with E-state index in [4.69, 9.17) is 23.2 Å². The van der Waals surface area contributed by atoms with Crippen molar-refractivity contribution in [2.45, 2.75) is 0 Å². The van der Waals surface area contributed by atoms with Gasteiger partial charge in [0.1, 0.15) is 10.3 Å². The predicted octanol–water partition coefficient (Wildman–Crippen LogP) is 4.87. The van der Waals surface area contributed by atoms with Gasteiger partial charge in [0.2, 0.25) is 0 Å². The predicted molar refractivity (Wildman–Crippen MR) is 125 cm³/mol. The number of hydrogen-bond donors (Lipinski definition) is 0. The second kappa shape index (κ2) is 8.93. The summed E-state index contributed by atoms with van der Waals surface area (Å²) in [6.45, 7) is 0. The van der Waals surface area contributed by atoms with Gasteiger partial charge in [0.15, 0.2) is 0 Å². The zero-order valence-corrected chi connectivity index (χ0v) is 18.3. The van der Waals surface area contributed by atoms with Crippen molar-refractivity contribution in [3.05, 3.63) is 100 Å². The maximum absolute atomic E-state index is 12.3. The van der Waals surface area contributed by atoms with Crippen molar-refractivity contribution < 1.29 is 0 Å². The minimum absolute atomic E-state index is 0.224. The summed E-state index contributed by atoms with van der Waals surface area (Å²) >= 11 is 14.6. The van der Waals surface area contributed by atoms with Gasteiger partial charge in [-0.1, -0.05) is 82.3 Å². The van der Waals surface area contributed by atoms with Gasteiger partial charge in [-0.25, -0.2) is 0 Å². The van der Waals surface area contributed by atoms with E-state index in [1.807, 2.05) is 36.4 Å². The Morgan fingerprint density at radius 1 is 0.667 bits per heavy atom. The van der Waals surface area contributed by atoms with Gasteiger partial charge in [-0.05, 0) is 24.3 Å². The molecule has 0 unspecified atom stereocenters. The Labute approximate surface area is 188 Å². The molecular formula is C20H12Cl2N4O2S2. The molecule has 2 aromatic heterocycles. The lowest BCUT2D eigenvalue weighted by molar-refractivity contribution is 1.04. The molecule has 0 amide bonds. The number of benzene rings is 2. The Balaban J connectivity index is 1.58. The number of rotatable bonds is 5. The molecule has 0 spiro atoms. The number of thiazole rings is 2. The average Bonchev–Trinajstić information content (AvgIpc) is 3.20. The molecular weight excluding hydrogens is 463 g/mol. The highest BCUT2D eigenvalue weighted by atomic mass is 35.5. The summed E-state index contributed by atoms with van der Waals surface area (Å²) in [5, 5.41) is 8.42. The fourth-order valence-electron chi connectivity index (χ4n) is 2.67. The highest BCUT2D eigenvalue weighted by Gasteiger charge is 2.14. The van der Waals surface area contributed by atoms with Crippen molar-refractivity contribution in [1.82, 2.24) is 9.13 Å². The topological polar surface area (TPSA) is 68.7 Å². The van der Waals surface area contributed by atoms with Gasteiger partial charge in [0.05, 0.1) is 33.6 Å². The minimum Gasteiger partial charge on any atom is -0.257 e. The zero-order chi connectivity index (χ0) is 21.1. The first-order chi connectivity index (χ1) is 14.6. The third-order valence-corrected chi connectivity index (χ3v) is 6.73. The first kappa shape index (κ1) is 20.5. The molecule has 4 aromatic rings. The molecule has 4 rings (SSSR count). The van der Waals surface area contributed by atoms with Gasteiger partial charge in [0.25, 0.3) is 0 Å². The van der Waals surface area contributed by atoms with E-state index in [9.17, 15) is 9.59 Å². The number of para-hydroxylation sites is 2. The van der Waals surface area contributed by atoms with Crippen LogP contribution in [0.1, 0.15) is 9.75 Å². The third kappa shape index (κ3) is 4.08. The largest absolute Gasteiger partial charge is 0.313 e. The number of aromatic nitrogens is 2. The molecule has 0 saturated carbocycles. The van der Waals surface area contributed by atoms with Crippen molar-refractivity contribution in [1.29, 1.82) is 0 Å². The van der Waals surface area contributed by atoms with Gasteiger partial charge in [-0.15, -0.1) is 0 Å². The lowest BCUT2D eigenvalue weighted by Crippen LogP contribution is -2.10. The van der Waals surface area contributed by atoms with Crippen molar-refractivity contribution in [2.24, 2.45) is 10.2 Å². The van der Waals surface area contributed by atoms with E-state index < -0.39 is 0 Å². The lowest BCUT2D eigenvalue weighted by atomic mass is 10.3. The average molecular weight is 475 g/mol. The summed E-state index contributed by atoms with van der Waals surface area (Å²) in [5.74, 6) is 0. The molecule has 0 saturated heterocycles. The highest BCUT2D eigenvalue weighted by molar-refractivity contribution is 7.12. The van der Waals surface area contributed by atoms with Crippen LogP contribution in [0.2, 0.25) is 10.3 Å². The summed E-state index contributed by atoms with van der Waals surface area (Å²) in [4.78, 5) is 25.1. The van der Waals surface area contributed by atoms with Crippen LogP contribution in [-0.4, -0.2) is 21.6 Å². The first-order valence-corrected chi connectivity index (χ1v) is 10.9. The SMILES string of the molecule is O=c1sc(C=NN=Cc2sc(=O)n(-c3ccccc3)c2Cl)c(Cl)n1-c1ccccc1. The Hall–Kier alpha value is -2.78. The second-order valence-electron chi connectivity index (χ2n) is 5.88. The molecule has 0 radical (unpaired) electrons. The molecule has 6 nitrogen and oxygen atoms in total. The van der Waals surface area contributed by atoms with E-state index in [-0.39, 0.29) is 20.1 Å². The smallest absolute Gasteiger partial charge is 0.257 e. The molecule has 150 valence electrons. The first-order valence-electron chi connectivity index (χ1n) is 8.56. The molecule has 0 aliphatic heterocycles. The fraction of sp³-hybridized carbons (Fsp3) is 0. The molecule has 0 N–H and O–H groups in total. The highest BCUT2D eigenvalue weighted by Crippen LogP contribution is 2.22. The van der Waals surface area contributed by atoms with Gasteiger partial charge < -0.3 is 0 Å². The second-order valence-corrected chi connectivity index (χ2v) is 8.58. The van der Waals surface area contributed by atoms with E-state index in [1.54, 1.807) is 24.3 Å². The molecule has 0 aliphatic rings. The number of halogens is 2. The van der Waals surface area contributed by atoms with Crippen LogP contribution < -0.4 is 9.75 Å². The summed E-state index contributed by atoms with van der Waals surface area (Å²) in [6, 6.07) is 18.2. The zero-order valence-electron chi connectivity index (χ0n) is 15.1. The maximum atomic E-state index is 12.3.